The van der Waals surface area contributed by atoms with Crippen LogP contribution in [0.15, 0.2) is 42.5 Å². The van der Waals surface area contributed by atoms with Crippen molar-refractivity contribution in [3.63, 3.8) is 0 Å². The standard InChI is InChI=1S/C22H22N4O3/c1-13-6-9-15(10-7-13)26-18-5-3-4-16(18)20(25-26)22(28)24-17-12-14(21(23)27)8-11-19(17)29-2/h6-12H,3-5H2,1-2H3,(H2,23,27)(H,24,28). The van der Waals surface area contributed by atoms with E-state index in [0.717, 1.165) is 41.8 Å². The molecule has 0 atom stereocenters. The summed E-state index contributed by atoms with van der Waals surface area (Å²) in [7, 11) is 1.50. The van der Waals surface area contributed by atoms with Crippen LogP contribution in [0.5, 0.6) is 5.75 Å². The number of aromatic nitrogens is 2. The Morgan fingerprint density at radius 2 is 1.90 bits per heavy atom. The van der Waals surface area contributed by atoms with Gasteiger partial charge in [0.1, 0.15) is 5.75 Å². The van der Waals surface area contributed by atoms with Crippen molar-refractivity contribution in [3.05, 3.63) is 70.5 Å². The molecule has 7 nitrogen and oxygen atoms in total. The van der Waals surface area contributed by atoms with Gasteiger partial charge in [-0.05, 0) is 56.5 Å². The summed E-state index contributed by atoms with van der Waals surface area (Å²) in [4.78, 5) is 24.6. The molecule has 0 radical (unpaired) electrons. The number of primary amides is 1. The van der Waals surface area contributed by atoms with Crippen molar-refractivity contribution in [2.75, 3.05) is 12.4 Å². The Hall–Kier alpha value is -3.61. The zero-order valence-electron chi connectivity index (χ0n) is 16.4. The number of carbonyl (C=O) groups excluding carboxylic acids is 2. The monoisotopic (exact) mass is 390 g/mol. The molecule has 0 bridgehead atoms. The number of ether oxygens (including phenoxy) is 1. The average molecular weight is 390 g/mol. The fourth-order valence-electron chi connectivity index (χ4n) is 3.66. The van der Waals surface area contributed by atoms with Crippen LogP contribution in [-0.4, -0.2) is 28.7 Å². The van der Waals surface area contributed by atoms with Crippen LogP contribution in [-0.2, 0) is 12.8 Å². The smallest absolute Gasteiger partial charge is 0.276 e. The largest absolute Gasteiger partial charge is 0.495 e. The number of nitrogens with two attached hydrogens (primary N) is 1. The van der Waals surface area contributed by atoms with E-state index in [1.807, 2.05) is 35.9 Å². The molecule has 1 aliphatic carbocycles. The maximum absolute atomic E-state index is 13.1. The number of nitrogens with one attached hydrogen (secondary N) is 1. The highest BCUT2D eigenvalue weighted by Crippen LogP contribution is 2.30. The Kier molecular flexibility index (Phi) is 4.80. The van der Waals surface area contributed by atoms with E-state index >= 15 is 0 Å². The number of hydrogen-bond donors (Lipinski definition) is 2. The summed E-state index contributed by atoms with van der Waals surface area (Å²) in [5, 5.41) is 7.44. The Bertz CT molecular complexity index is 1100. The first-order valence-electron chi connectivity index (χ1n) is 9.45. The van der Waals surface area contributed by atoms with Gasteiger partial charge in [0.2, 0.25) is 5.91 Å². The number of carbonyl (C=O) groups is 2. The van der Waals surface area contributed by atoms with E-state index in [0.29, 0.717) is 17.1 Å². The van der Waals surface area contributed by atoms with Crippen molar-refractivity contribution in [2.24, 2.45) is 5.73 Å². The second-order valence-corrected chi connectivity index (χ2v) is 7.11. The van der Waals surface area contributed by atoms with E-state index < -0.39 is 5.91 Å². The van der Waals surface area contributed by atoms with Gasteiger partial charge in [0.25, 0.3) is 5.91 Å². The van der Waals surface area contributed by atoms with Crippen LogP contribution in [0, 0.1) is 6.92 Å². The molecule has 0 unspecified atom stereocenters. The van der Waals surface area contributed by atoms with Crippen molar-refractivity contribution < 1.29 is 14.3 Å². The third-order valence-electron chi connectivity index (χ3n) is 5.16. The van der Waals surface area contributed by atoms with E-state index in [1.54, 1.807) is 12.1 Å². The third-order valence-corrected chi connectivity index (χ3v) is 5.16. The van der Waals surface area contributed by atoms with Crippen LogP contribution < -0.4 is 15.8 Å². The Morgan fingerprint density at radius 1 is 1.14 bits per heavy atom. The first-order valence-corrected chi connectivity index (χ1v) is 9.45. The van der Waals surface area contributed by atoms with E-state index in [1.165, 1.54) is 13.2 Å². The molecule has 1 aliphatic rings. The van der Waals surface area contributed by atoms with Gasteiger partial charge in [-0.1, -0.05) is 17.7 Å². The van der Waals surface area contributed by atoms with Crippen molar-refractivity contribution >= 4 is 17.5 Å². The first-order chi connectivity index (χ1) is 14.0. The molecular weight excluding hydrogens is 368 g/mol. The van der Waals surface area contributed by atoms with E-state index in [4.69, 9.17) is 10.5 Å². The molecule has 1 heterocycles. The van der Waals surface area contributed by atoms with Crippen molar-refractivity contribution in [1.29, 1.82) is 0 Å². The van der Waals surface area contributed by atoms with Crippen LogP contribution in [0.25, 0.3) is 5.69 Å². The van der Waals surface area contributed by atoms with E-state index in [-0.39, 0.29) is 11.5 Å². The highest BCUT2D eigenvalue weighted by Gasteiger charge is 2.27. The zero-order valence-corrected chi connectivity index (χ0v) is 16.4. The lowest BCUT2D eigenvalue weighted by molar-refractivity contribution is 0.0995. The van der Waals surface area contributed by atoms with Gasteiger partial charge in [-0.3, -0.25) is 9.59 Å². The predicted octanol–water partition coefficient (Wildman–Crippen LogP) is 3.03. The summed E-state index contributed by atoms with van der Waals surface area (Å²) < 4.78 is 7.16. The number of nitrogens with zero attached hydrogens (tertiary/aromatic N) is 2. The minimum Gasteiger partial charge on any atom is -0.495 e. The molecular formula is C22H22N4O3. The normalized spacial score (nSPS) is 12.5. The number of aryl methyl sites for hydroxylation is 1. The lowest BCUT2D eigenvalue weighted by Crippen LogP contribution is -2.17. The van der Waals surface area contributed by atoms with Crippen LogP contribution in [0.4, 0.5) is 5.69 Å². The number of anilines is 1. The van der Waals surface area contributed by atoms with Gasteiger partial charge in [0.05, 0.1) is 18.5 Å². The number of benzene rings is 2. The van der Waals surface area contributed by atoms with Crippen LogP contribution >= 0.6 is 0 Å². The Labute approximate surface area is 168 Å². The molecule has 3 aromatic rings. The average Bonchev–Trinajstić information content (AvgIpc) is 3.31. The highest BCUT2D eigenvalue weighted by molar-refractivity contribution is 6.06. The van der Waals surface area contributed by atoms with Crippen LogP contribution in [0.3, 0.4) is 0 Å². The number of methoxy groups -OCH3 is 1. The summed E-state index contributed by atoms with van der Waals surface area (Å²) in [6, 6.07) is 12.7. The lowest BCUT2D eigenvalue weighted by Gasteiger charge is -2.11. The summed E-state index contributed by atoms with van der Waals surface area (Å²) in [6.07, 6.45) is 2.67. The fraction of sp³-hybridized carbons (Fsp3) is 0.227. The molecule has 0 saturated heterocycles. The number of fused-ring (bicyclic) bond motifs is 1. The summed E-state index contributed by atoms with van der Waals surface area (Å²) in [5.41, 5.74) is 10.5. The van der Waals surface area contributed by atoms with Gasteiger partial charge in [-0.15, -0.1) is 0 Å². The molecule has 1 aromatic heterocycles. The van der Waals surface area contributed by atoms with Crippen molar-refractivity contribution in [1.82, 2.24) is 9.78 Å². The second-order valence-electron chi connectivity index (χ2n) is 7.11. The molecule has 2 aromatic carbocycles. The minimum atomic E-state index is -0.576. The number of amides is 2. The maximum Gasteiger partial charge on any atom is 0.276 e. The van der Waals surface area contributed by atoms with Gasteiger partial charge in [0.15, 0.2) is 5.69 Å². The molecule has 4 rings (SSSR count). The molecule has 29 heavy (non-hydrogen) atoms. The fourth-order valence-corrected chi connectivity index (χ4v) is 3.66. The predicted molar refractivity (Wildman–Crippen MR) is 110 cm³/mol. The highest BCUT2D eigenvalue weighted by atomic mass is 16.5. The first kappa shape index (κ1) is 18.7. The maximum atomic E-state index is 13.1. The quantitative estimate of drug-likeness (QED) is 0.699. The molecule has 0 fully saturated rings. The zero-order chi connectivity index (χ0) is 20.5. The topological polar surface area (TPSA) is 99.2 Å². The molecule has 3 N–H and O–H groups in total. The molecule has 0 saturated carbocycles. The van der Waals surface area contributed by atoms with Gasteiger partial charge in [-0.2, -0.15) is 5.10 Å². The van der Waals surface area contributed by atoms with Crippen LogP contribution in [0.1, 0.15) is 44.1 Å². The molecule has 148 valence electrons. The van der Waals surface area contributed by atoms with Gasteiger partial charge >= 0.3 is 0 Å². The number of rotatable bonds is 5. The lowest BCUT2D eigenvalue weighted by atomic mass is 10.1. The third kappa shape index (κ3) is 3.47. The second kappa shape index (κ2) is 7.43. The van der Waals surface area contributed by atoms with Crippen molar-refractivity contribution in [2.45, 2.75) is 26.2 Å². The van der Waals surface area contributed by atoms with Crippen LogP contribution in [0.2, 0.25) is 0 Å². The van der Waals surface area contributed by atoms with Gasteiger partial charge in [-0.25, -0.2) is 4.68 Å². The molecule has 7 heteroatoms. The Balaban J connectivity index is 1.70. The SMILES string of the molecule is COc1ccc(C(N)=O)cc1NC(=O)c1nn(-c2ccc(C)cc2)c2c1CCC2. The minimum absolute atomic E-state index is 0.288. The van der Waals surface area contributed by atoms with Gasteiger partial charge < -0.3 is 15.8 Å². The summed E-state index contributed by atoms with van der Waals surface area (Å²) in [5.74, 6) is -0.473. The molecule has 0 spiro atoms. The summed E-state index contributed by atoms with van der Waals surface area (Å²) in [6.45, 7) is 2.03. The van der Waals surface area contributed by atoms with E-state index in [2.05, 4.69) is 10.4 Å². The number of hydrogen-bond acceptors (Lipinski definition) is 4. The summed E-state index contributed by atoms with van der Waals surface area (Å²) >= 11 is 0. The van der Waals surface area contributed by atoms with Gasteiger partial charge in [0, 0.05) is 16.8 Å². The molecule has 0 aliphatic heterocycles. The van der Waals surface area contributed by atoms with E-state index in [9.17, 15) is 9.59 Å². The molecule has 2 amide bonds. The van der Waals surface area contributed by atoms with Crippen molar-refractivity contribution in [3.8, 4) is 11.4 Å². The Morgan fingerprint density at radius 3 is 2.59 bits per heavy atom.